The van der Waals surface area contributed by atoms with E-state index in [2.05, 4.69) is 4.90 Å². The van der Waals surface area contributed by atoms with Crippen LogP contribution in [0.3, 0.4) is 0 Å². The van der Waals surface area contributed by atoms with Crippen LogP contribution in [0.25, 0.3) is 0 Å². The minimum atomic E-state index is -0.381. The van der Waals surface area contributed by atoms with Crippen molar-refractivity contribution < 1.29 is 19.0 Å². The van der Waals surface area contributed by atoms with Crippen LogP contribution in [0, 0.1) is 5.82 Å². The molecule has 1 atom stereocenters. The van der Waals surface area contributed by atoms with Gasteiger partial charge in [0.2, 0.25) is 0 Å². The van der Waals surface area contributed by atoms with Crippen LogP contribution in [0.5, 0.6) is 5.75 Å². The van der Waals surface area contributed by atoms with Crippen molar-refractivity contribution in [1.29, 1.82) is 0 Å². The lowest BCUT2D eigenvalue weighted by Gasteiger charge is -2.46. The van der Waals surface area contributed by atoms with Gasteiger partial charge in [-0.2, -0.15) is 0 Å². The van der Waals surface area contributed by atoms with E-state index in [-0.39, 0.29) is 17.5 Å². The SMILES string of the molecule is COc1cccc(F)c1CN1CCC2(CC1)OCCC[C@H]2O. The summed E-state index contributed by atoms with van der Waals surface area (Å²) in [5.74, 6) is 0.364. The predicted molar refractivity (Wildman–Crippen MR) is 81.4 cm³/mol. The van der Waals surface area contributed by atoms with Gasteiger partial charge in [0.15, 0.2) is 0 Å². The molecule has 1 spiro atoms. The van der Waals surface area contributed by atoms with Crippen LogP contribution in [0.15, 0.2) is 18.2 Å². The fourth-order valence-corrected chi connectivity index (χ4v) is 3.59. The molecule has 2 saturated heterocycles. The first-order valence-electron chi connectivity index (χ1n) is 8.00. The molecule has 0 saturated carbocycles. The second kappa shape index (κ2) is 6.52. The highest BCUT2D eigenvalue weighted by molar-refractivity contribution is 5.34. The Hall–Kier alpha value is -1.17. The molecule has 2 fully saturated rings. The molecule has 0 bridgehead atoms. The van der Waals surface area contributed by atoms with Gasteiger partial charge in [-0.15, -0.1) is 0 Å². The van der Waals surface area contributed by atoms with Crippen molar-refractivity contribution >= 4 is 0 Å². The van der Waals surface area contributed by atoms with Gasteiger partial charge >= 0.3 is 0 Å². The molecule has 2 aliphatic heterocycles. The molecule has 5 heteroatoms. The lowest BCUT2D eigenvalue weighted by atomic mass is 9.82. The average Bonchev–Trinajstić information content (AvgIpc) is 2.54. The molecule has 1 aromatic rings. The molecule has 2 heterocycles. The molecular formula is C17H24FNO3. The number of piperidine rings is 1. The van der Waals surface area contributed by atoms with Gasteiger partial charge < -0.3 is 14.6 Å². The van der Waals surface area contributed by atoms with E-state index in [0.717, 1.165) is 45.4 Å². The number of hydrogen-bond acceptors (Lipinski definition) is 4. The molecule has 122 valence electrons. The second-order valence-electron chi connectivity index (χ2n) is 6.27. The van der Waals surface area contributed by atoms with Gasteiger partial charge in [-0.3, -0.25) is 4.90 Å². The van der Waals surface area contributed by atoms with Gasteiger partial charge in [0.05, 0.1) is 18.8 Å². The lowest BCUT2D eigenvalue weighted by Crippen LogP contribution is -2.55. The number of aliphatic hydroxyl groups excluding tert-OH is 1. The van der Waals surface area contributed by atoms with Crippen molar-refractivity contribution in [3.8, 4) is 5.75 Å². The molecule has 1 aromatic carbocycles. The molecule has 1 N–H and O–H groups in total. The molecule has 0 unspecified atom stereocenters. The number of aliphatic hydroxyl groups is 1. The third-order valence-electron chi connectivity index (χ3n) is 5.00. The van der Waals surface area contributed by atoms with Crippen LogP contribution < -0.4 is 4.74 Å². The second-order valence-corrected chi connectivity index (χ2v) is 6.27. The van der Waals surface area contributed by atoms with Gasteiger partial charge in [-0.25, -0.2) is 4.39 Å². The normalized spacial score (nSPS) is 25.3. The summed E-state index contributed by atoms with van der Waals surface area (Å²) in [6.07, 6.45) is 2.97. The molecular weight excluding hydrogens is 285 g/mol. The van der Waals surface area contributed by atoms with E-state index < -0.39 is 0 Å². The summed E-state index contributed by atoms with van der Waals surface area (Å²) in [5, 5.41) is 10.3. The first-order valence-corrected chi connectivity index (χ1v) is 8.00. The molecule has 0 radical (unpaired) electrons. The topological polar surface area (TPSA) is 41.9 Å². The molecule has 2 aliphatic rings. The number of ether oxygens (including phenoxy) is 2. The smallest absolute Gasteiger partial charge is 0.131 e. The van der Waals surface area contributed by atoms with Gasteiger partial charge in [0.1, 0.15) is 11.6 Å². The van der Waals surface area contributed by atoms with Crippen LogP contribution in [0.2, 0.25) is 0 Å². The van der Waals surface area contributed by atoms with E-state index in [9.17, 15) is 9.50 Å². The monoisotopic (exact) mass is 309 g/mol. The third-order valence-corrected chi connectivity index (χ3v) is 5.00. The van der Waals surface area contributed by atoms with Crippen molar-refractivity contribution in [3.63, 3.8) is 0 Å². The summed E-state index contributed by atoms with van der Waals surface area (Å²) < 4.78 is 25.2. The number of nitrogens with zero attached hydrogens (tertiary/aromatic N) is 1. The predicted octanol–water partition coefficient (Wildman–Crippen LogP) is 2.34. The first-order chi connectivity index (χ1) is 10.6. The summed E-state index contributed by atoms with van der Waals surface area (Å²) in [7, 11) is 1.57. The fourth-order valence-electron chi connectivity index (χ4n) is 3.59. The zero-order valence-corrected chi connectivity index (χ0v) is 13.1. The Bertz CT molecular complexity index is 515. The van der Waals surface area contributed by atoms with Crippen LogP contribution >= 0.6 is 0 Å². The number of hydrogen-bond donors (Lipinski definition) is 1. The Morgan fingerprint density at radius 2 is 2.18 bits per heavy atom. The standard InChI is InChI=1S/C17H24FNO3/c1-21-15-5-2-4-14(18)13(15)12-19-9-7-17(8-10-19)16(20)6-3-11-22-17/h2,4-5,16,20H,3,6-12H2,1H3/t16-/m1/s1. The fraction of sp³-hybridized carbons (Fsp3) is 0.647. The Labute approximate surface area is 130 Å². The molecule has 0 aromatic heterocycles. The van der Waals surface area contributed by atoms with Gasteiger partial charge in [0.25, 0.3) is 0 Å². The summed E-state index contributed by atoms with van der Waals surface area (Å²) >= 11 is 0. The molecule has 0 amide bonds. The van der Waals surface area contributed by atoms with Crippen LogP contribution in [-0.2, 0) is 11.3 Å². The summed E-state index contributed by atoms with van der Waals surface area (Å²) in [6.45, 7) is 2.86. The van der Waals surface area contributed by atoms with Crippen molar-refractivity contribution in [1.82, 2.24) is 4.90 Å². The van der Waals surface area contributed by atoms with Crippen LogP contribution in [-0.4, -0.2) is 48.5 Å². The minimum Gasteiger partial charge on any atom is -0.496 e. The Balaban J connectivity index is 1.65. The van der Waals surface area contributed by atoms with E-state index >= 15 is 0 Å². The Morgan fingerprint density at radius 1 is 1.41 bits per heavy atom. The largest absolute Gasteiger partial charge is 0.496 e. The number of halogens is 1. The molecule has 0 aliphatic carbocycles. The number of methoxy groups -OCH3 is 1. The van der Waals surface area contributed by atoms with Crippen LogP contribution in [0.4, 0.5) is 4.39 Å². The van der Waals surface area contributed by atoms with Gasteiger partial charge in [0, 0.05) is 31.8 Å². The highest BCUT2D eigenvalue weighted by Crippen LogP contribution is 2.36. The van der Waals surface area contributed by atoms with E-state index in [4.69, 9.17) is 9.47 Å². The zero-order valence-electron chi connectivity index (χ0n) is 13.1. The van der Waals surface area contributed by atoms with Gasteiger partial charge in [-0.1, -0.05) is 6.07 Å². The summed E-state index contributed by atoms with van der Waals surface area (Å²) in [5.41, 5.74) is 0.222. The number of likely N-dealkylation sites (tertiary alicyclic amines) is 1. The van der Waals surface area contributed by atoms with Crippen molar-refractivity contribution in [3.05, 3.63) is 29.6 Å². The van der Waals surface area contributed by atoms with Crippen LogP contribution in [0.1, 0.15) is 31.2 Å². The quantitative estimate of drug-likeness (QED) is 0.930. The maximum Gasteiger partial charge on any atom is 0.131 e. The average molecular weight is 309 g/mol. The number of rotatable bonds is 3. The first kappa shape index (κ1) is 15.7. The molecule has 4 nitrogen and oxygen atoms in total. The third kappa shape index (κ3) is 2.98. The van der Waals surface area contributed by atoms with E-state index in [1.54, 1.807) is 19.2 Å². The maximum atomic E-state index is 14.0. The minimum absolute atomic E-state index is 0.228. The molecule has 22 heavy (non-hydrogen) atoms. The van der Waals surface area contributed by atoms with Crippen molar-refractivity contribution in [2.45, 2.75) is 43.9 Å². The van der Waals surface area contributed by atoms with E-state index in [1.807, 2.05) is 0 Å². The zero-order chi connectivity index (χ0) is 15.6. The van der Waals surface area contributed by atoms with Crippen molar-refractivity contribution in [2.24, 2.45) is 0 Å². The summed E-state index contributed by atoms with van der Waals surface area (Å²) in [6, 6.07) is 4.92. The lowest BCUT2D eigenvalue weighted by molar-refractivity contribution is -0.177. The van der Waals surface area contributed by atoms with E-state index in [1.165, 1.54) is 6.07 Å². The maximum absolute atomic E-state index is 14.0. The van der Waals surface area contributed by atoms with Gasteiger partial charge in [-0.05, 0) is 37.8 Å². The molecule has 3 rings (SSSR count). The highest BCUT2D eigenvalue weighted by Gasteiger charge is 2.43. The number of benzene rings is 1. The van der Waals surface area contributed by atoms with Crippen molar-refractivity contribution in [2.75, 3.05) is 26.8 Å². The highest BCUT2D eigenvalue weighted by atomic mass is 19.1. The van der Waals surface area contributed by atoms with E-state index in [0.29, 0.717) is 17.9 Å². The Morgan fingerprint density at radius 3 is 2.86 bits per heavy atom. The Kier molecular flexibility index (Phi) is 4.66. The summed E-state index contributed by atoms with van der Waals surface area (Å²) in [4.78, 5) is 2.21.